The highest BCUT2D eigenvalue weighted by Gasteiger charge is 2.12. The second kappa shape index (κ2) is 5.17. The van der Waals surface area contributed by atoms with Gasteiger partial charge < -0.3 is 10.5 Å². The van der Waals surface area contributed by atoms with Crippen molar-refractivity contribution in [1.82, 2.24) is 0 Å². The van der Waals surface area contributed by atoms with Gasteiger partial charge in [-0.15, -0.1) is 0 Å². The lowest BCUT2D eigenvalue weighted by molar-refractivity contribution is 0.194. The maximum Gasteiger partial charge on any atom is 0.123 e. The fourth-order valence-corrected chi connectivity index (χ4v) is 1.37. The molecule has 0 heterocycles. The minimum atomic E-state index is 0.0462. The molecule has 84 valence electrons. The molecule has 0 aromatic heterocycles. The Bertz CT molecular complexity index is 307. The van der Waals surface area contributed by atoms with Crippen molar-refractivity contribution in [2.24, 2.45) is 5.73 Å². The zero-order valence-corrected chi connectivity index (χ0v) is 10.0. The Kier molecular flexibility index (Phi) is 4.15. The van der Waals surface area contributed by atoms with Crippen LogP contribution in [0.4, 0.5) is 0 Å². The smallest absolute Gasteiger partial charge is 0.123 e. The van der Waals surface area contributed by atoms with Gasteiger partial charge in [-0.1, -0.05) is 32.0 Å². The summed E-state index contributed by atoms with van der Waals surface area (Å²) in [5.74, 6) is 1.43. The molecule has 0 amide bonds. The lowest BCUT2D eigenvalue weighted by atomic mass is 10.0. The largest absolute Gasteiger partial charge is 0.489 e. The molecule has 0 aliphatic carbocycles. The first-order valence-corrected chi connectivity index (χ1v) is 5.53. The summed E-state index contributed by atoms with van der Waals surface area (Å²) < 4.78 is 5.84. The monoisotopic (exact) mass is 207 g/mol. The maximum absolute atomic E-state index is 5.84. The first-order valence-electron chi connectivity index (χ1n) is 5.53. The van der Waals surface area contributed by atoms with E-state index in [1.807, 2.05) is 32.0 Å². The summed E-state index contributed by atoms with van der Waals surface area (Å²) in [5, 5.41) is 0. The Labute approximate surface area is 92.4 Å². The molecule has 0 saturated carbocycles. The lowest BCUT2D eigenvalue weighted by Gasteiger charge is -2.21. The SMILES string of the molecule is CC(C)c1ccccc1OC(C)[C@H](C)N. The average Bonchev–Trinajstić information content (AvgIpc) is 2.18. The Morgan fingerprint density at radius 3 is 2.20 bits per heavy atom. The van der Waals surface area contributed by atoms with Gasteiger partial charge in [0.25, 0.3) is 0 Å². The van der Waals surface area contributed by atoms with Crippen LogP contribution in [-0.4, -0.2) is 12.1 Å². The van der Waals surface area contributed by atoms with Crippen molar-refractivity contribution in [3.05, 3.63) is 29.8 Å². The highest BCUT2D eigenvalue weighted by molar-refractivity contribution is 5.35. The summed E-state index contributed by atoms with van der Waals surface area (Å²) in [6.07, 6.45) is 0.0462. The van der Waals surface area contributed by atoms with Crippen molar-refractivity contribution in [2.45, 2.75) is 45.8 Å². The van der Waals surface area contributed by atoms with E-state index in [0.717, 1.165) is 5.75 Å². The summed E-state index contributed by atoms with van der Waals surface area (Å²) in [5.41, 5.74) is 7.03. The number of para-hydroxylation sites is 1. The molecule has 2 heteroatoms. The van der Waals surface area contributed by atoms with E-state index in [0.29, 0.717) is 5.92 Å². The zero-order valence-electron chi connectivity index (χ0n) is 10.0. The van der Waals surface area contributed by atoms with Crippen molar-refractivity contribution in [3.8, 4) is 5.75 Å². The molecule has 0 saturated heterocycles. The minimum absolute atomic E-state index is 0.0462. The molecule has 1 rings (SSSR count). The predicted molar refractivity (Wildman–Crippen MR) is 64.3 cm³/mol. The molecule has 2 N–H and O–H groups in total. The molecule has 0 aliphatic heterocycles. The third-order valence-electron chi connectivity index (χ3n) is 2.59. The Balaban J connectivity index is 2.84. The van der Waals surface area contributed by atoms with E-state index in [9.17, 15) is 0 Å². The van der Waals surface area contributed by atoms with Gasteiger partial charge >= 0.3 is 0 Å². The number of hydrogen-bond donors (Lipinski definition) is 1. The molecule has 0 fully saturated rings. The van der Waals surface area contributed by atoms with Crippen molar-refractivity contribution >= 4 is 0 Å². The molecule has 0 aliphatic rings. The van der Waals surface area contributed by atoms with Crippen LogP contribution in [0, 0.1) is 0 Å². The average molecular weight is 207 g/mol. The van der Waals surface area contributed by atoms with Gasteiger partial charge in [0, 0.05) is 6.04 Å². The molecule has 0 bridgehead atoms. The van der Waals surface area contributed by atoms with Gasteiger partial charge in [0.05, 0.1) is 0 Å². The number of hydrogen-bond acceptors (Lipinski definition) is 2. The number of rotatable bonds is 4. The van der Waals surface area contributed by atoms with Crippen molar-refractivity contribution < 1.29 is 4.74 Å². The predicted octanol–water partition coefficient (Wildman–Crippen LogP) is 2.92. The Morgan fingerprint density at radius 1 is 1.07 bits per heavy atom. The molecule has 1 aromatic rings. The van der Waals surface area contributed by atoms with Gasteiger partial charge in [0.2, 0.25) is 0 Å². The van der Waals surface area contributed by atoms with E-state index in [1.165, 1.54) is 5.56 Å². The van der Waals surface area contributed by atoms with Crippen LogP contribution in [0.3, 0.4) is 0 Å². The van der Waals surface area contributed by atoms with Gasteiger partial charge in [-0.3, -0.25) is 0 Å². The Hall–Kier alpha value is -1.02. The minimum Gasteiger partial charge on any atom is -0.489 e. The first-order chi connectivity index (χ1) is 7.02. The van der Waals surface area contributed by atoms with E-state index in [1.54, 1.807) is 0 Å². The maximum atomic E-state index is 5.84. The van der Waals surface area contributed by atoms with Crippen LogP contribution < -0.4 is 10.5 Å². The normalized spacial score (nSPS) is 15.1. The molecule has 15 heavy (non-hydrogen) atoms. The molecule has 1 aromatic carbocycles. The van der Waals surface area contributed by atoms with E-state index < -0.39 is 0 Å². The summed E-state index contributed by atoms with van der Waals surface area (Å²) in [6.45, 7) is 8.29. The third kappa shape index (κ3) is 3.24. The van der Waals surface area contributed by atoms with Gasteiger partial charge in [-0.25, -0.2) is 0 Å². The number of ether oxygens (including phenoxy) is 1. The Morgan fingerprint density at radius 2 is 1.67 bits per heavy atom. The van der Waals surface area contributed by atoms with Crippen molar-refractivity contribution in [1.29, 1.82) is 0 Å². The van der Waals surface area contributed by atoms with E-state index in [2.05, 4.69) is 19.9 Å². The summed E-state index contributed by atoms with van der Waals surface area (Å²) in [7, 11) is 0. The second-order valence-electron chi connectivity index (χ2n) is 4.37. The van der Waals surface area contributed by atoms with Crippen LogP contribution in [0.5, 0.6) is 5.75 Å². The molecular weight excluding hydrogens is 186 g/mol. The van der Waals surface area contributed by atoms with Crippen LogP contribution in [0.15, 0.2) is 24.3 Å². The van der Waals surface area contributed by atoms with Crippen LogP contribution in [-0.2, 0) is 0 Å². The molecule has 1 unspecified atom stereocenters. The highest BCUT2D eigenvalue weighted by Crippen LogP contribution is 2.26. The molecular formula is C13H21NO. The zero-order chi connectivity index (χ0) is 11.4. The van der Waals surface area contributed by atoms with E-state index >= 15 is 0 Å². The van der Waals surface area contributed by atoms with E-state index in [4.69, 9.17) is 10.5 Å². The van der Waals surface area contributed by atoms with Crippen LogP contribution in [0.25, 0.3) is 0 Å². The van der Waals surface area contributed by atoms with Crippen LogP contribution in [0.2, 0.25) is 0 Å². The topological polar surface area (TPSA) is 35.2 Å². The molecule has 2 nitrogen and oxygen atoms in total. The van der Waals surface area contributed by atoms with Crippen molar-refractivity contribution in [2.75, 3.05) is 0 Å². The molecule has 0 radical (unpaired) electrons. The van der Waals surface area contributed by atoms with Gasteiger partial charge in [-0.2, -0.15) is 0 Å². The first kappa shape index (κ1) is 12.1. The van der Waals surface area contributed by atoms with Gasteiger partial charge in [-0.05, 0) is 31.4 Å². The van der Waals surface area contributed by atoms with Gasteiger partial charge in [0.15, 0.2) is 0 Å². The molecule has 2 atom stereocenters. The summed E-state index contributed by atoms with van der Waals surface area (Å²) >= 11 is 0. The highest BCUT2D eigenvalue weighted by atomic mass is 16.5. The number of nitrogens with two attached hydrogens (primary N) is 1. The number of benzene rings is 1. The van der Waals surface area contributed by atoms with Crippen molar-refractivity contribution in [3.63, 3.8) is 0 Å². The summed E-state index contributed by atoms with van der Waals surface area (Å²) in [4.78, 5) is 0. The standard InChI is InChI=1S/C13H21NO/c1-9(2)12-7-5-6-8-13(12)15-11(4)10(3)14/h5-11H,14H2,1-4H3/t10-,11?/m0/s1. The second-order valence-corrected chi connectivity index (χ2v) is 4.37. The van der Waals surface area contributed by atoms with Crippen LogP contribution in [0.1, 0.15) is 39.2 Å². The fourth-order valence-electron chi connectivity index (χ4n) is 1.37. The van der Waals surface area contributed by atoms with Gasteiger partial charge in [0.1, 0.15) is 11.9 Å². The molecule has 0 spiro atoms. The van der Waals surface area contributed by atoms with E-state index in [-0.39, 0.29) is 12.1 Å². The summed E-state index contributed by atoms with van der Waals surface area (Å²) in [6, 6.07) is 8.20. The quantitative estimate of drug-likeness (QED) is 0.824. The lowest BCUT2D eigenvalue weighted by Crippen LogP contribution is -2.33. The van der Waals surface area contributed by atoms with Crippen LogP contribution >= 0.6 is 0 Å². The fraction of sp³-hybridized carbons (Fsp3) is 0.538. The third-order valence-corrected chi connectivity index (χ3v) is 2.59.